The Morgan fingerprint density at radius 3 is 2.26 bits per heavy atom. The highest BCUT2D eigenvalue weighted by atomic mass is 32.2. The van der Waals surface area contributed by atoms with Crippen LogP contribution < -0.4 is 14.5 Å². The molecule has 0 radical (unpaired) electrons. The highest BCUT2D eigenvalue weighted by molar-refractivity contribution is 7.94. The van der Waals surface area contributed by atoms with Crippen LogP contribution in [0.15, 0.2) is 70.3 Å². The largest absolute Gasteiger partial charge is 0.372 e. The first-order chi connectivity index (χ1) is 14.9. The van der Waals surface area contributed by atoms with Crippen molar-refractivity contribution in [2.24, 2.45) is 0 Å². The summed E-state index contributed by atoms with van der Waals surface area (Å²) in [7, 11) is -2.09. The van der Waals surface area contributed by atoms with Crippen molar-refractivity contribution in [3.8, 4) is 0 Å². The normalized spacial score (nSPS) is 14.3. The van der Waals surface area contributed by atoms with Crippen molar-refractivity contribution in [1.29, 1.82) is 0 Å². The number of sulfonamides is 1. The van der Waals surface area contributed by atoms with Crippen LogP contribution in [0.2, 0.25) is 0 Å². The Kier molecular flexibility index (Phi) is 6.29. The molecule has 0 bridgehead atoms. The number of hydrogen-bond donors (Lipinski definition) is 1. The molecule has 1 fully saturated rings. The average molecular weight is 456 g/mol. The summed E-state index contributed by atoms with van der Waals surface area (Å²) in [6.07, 6.45) is 3.73. The Bertz CT molecular complexity index is 1120. The molecule has 0 spiro atoms. The van der Waals surface area contributed by atoms with Crippen LogP contribution in [0.5, 0.6) is 0 Å². The van der Waals surface area contributed by atoms with Gasteiger partial charge >= 0.3 is 0 Å². The monoisotopic (exact) mass is 455 g/mol. The SMILES string of the molecule is CN(c1ccc(C(=O)Nc2ccc(N3CCCCC3)cc2)cc1)S(=O)(=O)c1cccs1. The van der Waals surface area contributed by atoms with Crippen LogP contribution in [0.1, 0.15) is 29.6 Å². The molecule has 3 aromatic rings. The Hall–Kier alpha value is -2.84. The van der Waals surface area contributed by atoms with E-state index in [9.17, 15) is 13.2 Å². The van der Waals surface area contributed by atoms with Gasteiger partial charge in [-0.15, -0.1) is 11.3 Å². The van der Waals surface area contributed by atoms with Crippen molar-refractivity contribution in [2.75, 3.05) is 34.7 Å². The third-order valence-corrected chi connectivity index (χ3v) is 8.61. The third-order valence-electron chi connectivity index (χ3n) is 5.45. The minimum Gasteiger partial charge on any atom is -0.372 e. The molecule has 0 unspecified atom stereocenters. The van der Waals surface area contributed by atoms with Crippen LogP contribution in [0.4, 0.5) is 17.1 Å². The Morgan fingerprint density at radius 2 is 1.65 bits per heavy atom. The maximum absolute atomic E-state index is 12.6. The summed E-state index contributed by atoms with van der Waals surface area (Å²) in [5.41, 5.74) is 2.87. The molecule has 162 valence electrons. The third kappa shape index (κ3) is 4.75. The van der Waals surface area contributed by atoms with E-state index in [0.717, 1.165) is 18.8 Å². The van der Waals surface area contributed by atoms with E-state index in [-0.39, 0.29) is 10.1 Å². The molecule has 31 heavy (non-hydrogen) atoms. The van der Waals surface area contributed by atoms with Crippen LogP contribution in [-0.2, 0) is 10.0 Å². The average Bonchev–Trinajstić information content (AvgIpc) is 3.36. The Balaban J connectivity index is 1.41. The molecule has 1 N–H and O–H groups in total. The molecule has 0 saturated carbocycles. The Labute approximate surface area is 187 Å². The lowest BCUT2D eigenvalue weighted by Gasteiger charge is -2.28. The first kappa shape index (κ1) is 21.4. The minimum absolute atomic E-state index is 0.235. The second-order valence-electron chi connectivity index (χ2n) is 7.50. The summed E-state index contributed by atoms with van der Waals surface area (Å²) in [6.45, 7) is 2.16. The second-order valence-corrected chi connectivity index (χ2v) is 10.6. The van der Waals surface area contributed by atoms with Gasteiger partial charge in [0.15, 0.2) is 0 Å². The molecule has 2 aromatic carbocycles. The topological polar surface area (TPSA) is 69.7 Å². The second kappa shape index (κ2) is 9.11. The van der Waals surface area contributed by atoms with Gasteiger partial charge < -0.3 is 10.2 Å². The van der Waals surface area contributed by atoms with Crippen LogP contribution in [0, 0.1) is 0 Å². The lowest BCUT2D eigenvalue weighted by atomic mass is 10.1. The van der Waals surface area contributed by atoms with Crippen LogP contribution >= 0.6 is 11.3 Å². The number of carbonyl (C=O) groups excluding carboxylic acids is 1. The maximum atomic E-state index is 12.6. The van der Waals surface area contributed by atoms with Crippen molar-refractivity contribution in [1.82, 2.24) is 0 Å². The number of piperidine rings is 1. The molecule has 0 aliphatic carbocycles. The summed E-state index contributed by atoms with van der Waals surface area (Å²) in [5.74, 6) is -0.235. The van der Waals surface area contributed by atoms with Gasteiger partial charge in [-0.05, 0) is 79.2 Å². The number of carbonyl (C=O) groups is 1. The van der Waals surface area contributed by atoms with Gasteiger partial charge in [0.05, 0.1) is 5.69 Å². The molecule has 2 heterocycles. The van der Waals surface area contributed by atoms with E-state index in [2.05, 4.69) is 10.2 Å². The van der Waals surface area contributed by atoms with Crippen LogP contribution in [0.3, 0.4) is 0 Å². The number of amides is 1. The van der Waals surface area contributed by atoms with Crippen LogP contribution in [0.25, 0.3) is 0 Å². The molecule has 1 saturated heterocycles. The summed E-state index contributed by atoms with van der Waals surface area (Å²) < 4.78 is 26.8. The zero-order valence-corrected chi connectivity index (χ0v) is 19.0. The number of rotatable bonds is 6. The van der Waals surface area contributed by atoms with Crippen molar-refractivity contribution in [2.45, 2.75) is 23.5 Å². The van der Waals surface area contributed by atoms with Gasteiger partial charge in [-0.3, -0.25) is 9.10 Å². The molecule has 0 atom stereocenters. The van der Waals surface area contributed by atoms with Crippen molar-refractivity contribution in [3.05, 3.63) is 71.6 Å². The number of thiophene rings is 1. The van der Waals surface area contributed by atoms with E-state index in [4.69, 9.17) is 0 Å². The van der Waals surface area contributed by atoms with Crippen LogP contribution in [-0.4, -0.2) is 34.5 Å². The highest BCUT2D eigenvalue weighted by Crippen LogP contribution is 2.26. The summed E-state index contributed by atoms with van der Waals surface area (Å²) in [6, 6.07) is 17.7. The van der Waals surface area contributed by atoms with Crippen molar-refractivity contribution < 1.29 is 13.2 Å². The van der Waals surface area contributed by atoms with E-state index in [1.165, 1.54) is 47.6 Å². The quantitative estimate of drug-likeness (QED) is 0.579. The highest BCUT2D eigenvalue weighted by Gasteiger charge is 2.22. The molecule has 1 aromatic heterocycles. The molecular formula is C23H25N3O3S2. The molecule has 1 aliphatic rings. The number of hydrogen-bond acceptors (Lipinski definition) is 5. The van der Waals surface area contributed by atoms with E-state index in [0.29, 0.717) is 11.3 Å². The summed E-state index contributed by atoms with van der Waals surface area (Å²) in [5, 5.41) is 4.63. The zero-order chi connectivity index (χ0) is 21.8. The summed E-state index contributed by atoms with van der Waals surface area (Å²) >= 11 is 1.18. The molecular weight excluding hydrogens is 430 g/mol. The van der Waals surface area contributed by atoms with E-state index < -0.39 is 10.0 Å². The van der Waals surface area contributed by atoms with E-state index in [1.54, 1.807) is 41.8 Å². The maximum Gasteiger partial charge on any atom is 0.273 e. The fourth-order valence-electron chi connectivity index (χ4n) is 3.62. The number of benzene rings is 2. The molecule has 1 aliphatic heterocycles. The van der Waals surface area contributed by atoms with Gasteiger partial charge in [-0.2, -0.15) is 0 Å². The molecule has 4 rings (SSSR count). The Morgan fingerprint density at radius 1 is 0.968 bits per heavy atom. The standard InChI is InChI=1S/C23H25N3O3S2/c1-25(31(28,29)22-6-5-17-30-22)20-11-7-18(8-12-20)23(27)24-19-9-13-21(14-10-19)26-15-3-2-4-16-26/h5-14,17H,2-4,15-16H2,1H3,(H,24,27). The zero-order valence-electron chi connectivity index (χ0n) is 17.3. The van der Waals surface area contributed by atoms with E-state index >= 15 is 0 Å². The lowest BCUT2D eigenvalue weighted by Crippen LogP contribution is -2.29. The van der Waals surface area contributed by atoms with Gasteiger partial charge in [-0.1, -0.05) is 6.07 Å². The van der Waals surface area contributed by atoms with Crippen molar-refractivity contribution >= 4 is 44.3 Å². The van der Waals surface area contributed by atoms with Gasteiger partial charge in [0, 0.05) is 37.1 Å². The van der Waals surface area contributed by atoms with E-state index in [1.807, 2.05) is 24.3 Å². The smallest absolute Gasteiger partial charge is 0.273 e. The van der Waals surface area contributed by atoms with Crippen molar-refractivity contribution in [3.63, 3.8) is 0 Å². The van der Waals surface area contributed by atoms with Gasteiger partial charge in [0.2, 0.25) is 0 Å². The lowest BCUT2D eigenvalue weighted by molar-refractivity contribution is 0.102. The van der Waals surface area contributed by atoms with Gasteiger partial charge in [0.1, 0.15) is 4.21 Å². The fraction of sp³-hybridized carbons (Fsp3) is 0.261. The number of nitrogens with zero attached hydrogens (tertiary/aromatic N) is 2. The first-order valence-corrected chi connectivity index (χ1v) is 12.6. The fourth-order valence-corrected chi connectivity index (χ4v) is 5.97. The van der Waals surface area contributed by atoms with Gasteiger partial charge in [0.25, 0.3) is 15.9 Å². The molecule has 8 heteroatoms. The number of anilines is 3. The summed E-state index contributed by atoms with van der Waals surface area (Å²) in [4.78, 5) is 15.0. The molecule has 1 amide bonds. The predicted octanol–water partition coefficient (Wildman–Crippen LogP) is 4.82. The van der Waals surface area contributed by atoms with Gasteiger partial charge in [-0.25, -0.2) is 8.42 Å². The molecule has 6 nitrogen and oxygen atoms in total. The first-order valence-electron chi connectivity index (χ1n) is 10.2. The predicted molar refractivity (Wildman–Crippen MR) is 127 cm³/mol. The minimum atomic E-state index is -3.60. The number of nitrogens with one attached hydrogen (secondary N) is 1.